The standard InChI is InChI=1S/C12H15N3O3/c1-8(11(7-16)15-13)14-10-6-9(17-2)4-5-12(10)18-3/h4-7H,13H2,1-3H3/b14-8?,15-11-. The summed E-state index contributed by atoms with van der Waals surface area (Å²) in [5.41, 5.74) is 1.02. The lowest BCUT2D eigenvalue weighted by Crippen LogP contribution is -2.13. The van der Waals surface area contributed by atoms with Crippen LogP contribution in [0.2, 0.25) is 0 Å². The van der Waals surface area contributed by atoms with E-state index in [0.29, 0.717) is 29.2 Å². The van der Waals surface area contributed by atoms with Gasteiger partial charge in [0.15, 0.2) is 6.29 Å². The van der Waals surface area contributed by atoms with Crippen LogP contribution in [0.25, 0.3) is 0 Å². The van der Waals surface area contributed by atoms with Crippen molar-refractivity contribution in [3.63, 3.8) is 0 Å². The summed E-state index contributed by atoms with van der Waals surface area (Å²) in [6.45, 7) is 1.64. The van der Waals surface area contributed by atoms with E-state index in [2.05, 4.69) is 10.1 Å². The van der Waals surface area contributed by atoms with Gasteiger partial charge >= 0.3 is 0 Å². The molecule has 1 aromatic carbocycles. The first-order valence-electron chi connectivity index (χ1n) is 5.17. The molecule has 0 atom stereocenters. The molecular formula is C12H15N3O3. The fraction of sp³-hybridized carbons (Fsp3) is 0.250. The second-order valence-electron chi connectivity index (χ2n) is 3.37. The molecule has 1 aromatic rings. The molecule has 0 fully saturated rings. The third-order valence-electron chi connectivity index (χ3n) is 2.30. The van der Waals surface area contributed by atoms with Crippen LogP contribution in [0.5, 0.6) is 11.5 Å². The Hall–Kier alpha value is -2.37. The van der Waals surface area contributed by atoms with Gasteiger partial charge < -0.3 is 15.3 Å². The van der Waals surface area contributed by atoms with Crippen molar-refractivity contribution < 1.29 is 14.3 Å². The lowest BCUT2D eigenvalue weighted by atomic mass is 10.2. The first-order valence-corrected chi connectivity index (χ1v) is 5.17. The third kappa shape index (κ3) is 3.07. The van der Waals surface area contributed by atoms with Crippen molar-refractivity contribution in [2.45, 2.75) is 6.92 Å². The van der Waals surface area contributed by atoms with E-state index >= 15 is 0 Å². The normalized spacial score (nSPS) is 12.2. The van der Waals surface area contributed by atoms with E-state index in [1.165, 1.54) is 7.11 Å². The number of benzene rings is 1. The van der Waals surface area contributed by atoms with Crippen LogP contribution in [0.3, 0.4) is 0 Å². The number of carbonyl (C=O) groups excluding carboxylic acids is 1. The first-order chi connectivity index (χ1) is 8.65. The van der Waals surface area contributed by atoms with Gasteiger partial charge in [-0.3, -0.25) is 4.79 Å². The SMILES string of the molecule is COc1ccc(OC)c(N=C(C)/C(C=O)=N\N)c1. The number of hydrogen-bond acceptors (Lipinski definition) is 6. The van der Waals surface area contributed by atoms with E-state index in [4.69, 9.17) is 15.3 Å². The molecule has 0 aromatic heterocycles. The van der Waals surface area contributed by atoms with Crippen molar-refractivity contribution in [2.75, 3.05) is 14.2 Å². The summed E-state index contributed by atoms with van der Waals surface area (Å²) >= 11 is 0. The van der Waals surface area contributed by atoms with Crippen molar-refractivity contribution in [3.8, 4) is 11.5 Å². The summed E-state index contributed by atoms with van der Waals surface area (Å²) < 4.78 is 10.3. The second-order valence-corrected chi connectivity index (χ2v) is 3.37. The zero-order chi connectivity index (χ0) is 13.5. The maximum Gasteiger partial charge on any atom is 0.172 e. The van der Waals surface area contributed by atoms with Gasteiger partial charge in [-0.2, -0.15) is 5.10 Å². The van der Waals surface area contributed by atoms with Crippen molar-refractivity contribution in [1.29, 1.82) is 0 Å². The Kier molecular flexibility index (Phi) is 4.86. The molecule has 0 amide bonds. The minimum atomic E-state index is 0.0832. The Balaban J connectivity index is 3.23. The number of methoxy groups -OCH3 is 2. The molecular weight excluding hydrogens is 234 g/mol. The van der Waals surface area contributed by atoms with Gasteiger partial charge in [-0.05, 0) is 19.1 Å². The summed E-state index contributed by atoms with van der Waals surface area (Å²) in [5, 5.41) is 3.35. The minimum Gasteiger partial charge on any atom is -0.497 e. The molecule has 6 heteroatoms. The van der Waals surface area contributed by atoms with Crippen molar-refractivity contribution in [2.24, 2.45) is 15.9 Å². The fourth-order valence-corrected chi connectivity index (χ4v) is 1.33. The average molecular weight is 249 g/mol. The highest BCUT2D eigenvalue weighted by Gasteiger charge is 2.07. The topological polar surface area (TPSA) is 86.3 Å². The molecule has 0 heterocycles. The third-order valence-corrected chi connectivity index (χ3v) is 2.30. The molecule has 1 rings (SSSR count). The molecule has 0 saturated heterocycles. The molecule has 0 unspecified atom stereocenters. The Morgan fingerprint density at radius 2 is 2.06 bits per heavy atom. The van der Waals surface area contributed by atoms with Gasteiger partial charge in [0.2, 0.25) is 0 Å². The Labute approximate surface area is 105 Å². The van der Waals surface area contributed by atoms with Gasteiger partial charge in [0.05, 0.1) is 19.9 Å². The average Bonchev–Trinajstić information content (AvgIpc) is 2.40. The highest BCUT2D eigenvalue weighted by atomic mass is 16.5. The van der Waals surface area contributed by atoms with Crippen LogP contribution < -0.4 is 15.3 Å². The van der Waals surface area contributed by atoms with E-state index in [9.17, 15) is 4.79 Å². The molecule has 2 N–H and O–H groups in total. The van der Waals surface area contributed by atoms with Gasteiger partial charge in [0.25, 0.3) is 0 Å². The summed E-state index contributed by atoms with van der Waals surface area (Å²) in [5.74, 6) is 6.29. The zero-order valence-electron chi connectivity index (χ0n) is 10.5. The highest BCUT2D eigenvalue weighted by molar-refractivity contribution is 6.61. The summed E-state index contributed by atoms with van der Waals surface area (Å²) in [6, 6.07) is 5.18. The van der Waals surface area contributed by atoms with Crippen LogP contribution in [0.1, 0.15) is 6.92 Å². The lowest BCUT2D eigenvalue weighted by Gasteiger charge is -2.07. The minimum absolute atomic E-state index is 0.0832. The monoisotopic (exact) mass is 249 g/mol. The Morgan fingerprint density at radius 1 is 1.33 bits per heavy atom. The molecule has 0 aliphatic rings. The predicted octanol–water partition coefficient (Wildman–Crippen LogP) is 1.31. The zero-order valence-corrected chi connectivity index (χ0v) is 10.5. The summed E-state index contributed by atoms with van der Waals surface area (Å²) in [7, 11) is 3.09. The fourth-order valence-electron chi connectivity index (χ4n) is 1.33. The molecule has 0 spiro atoms. The van der Waals surface area contributed by atoms with Crippen LogP contribution in [-0.4, -0.2) is 31.9 Å². The molecule has 96 valence electrons. The largest absolute Gasteiger partial charge is 0.497 e. The molecule has 0 radical (unpaired) electrons. The number of aliphatic imine (C=N–C) groups is 1. The smallest absolute Gasteiger partial charge is 0.172 e. The number of hydrogen-bond donors (Lipinski definition) is 1. The van der Waals surface area contributed by atoms with E-state index in [1.54, 1.807) is 32.2 Å². The first kappa shape index (κ1) is 13.7. The van der Waals surface area contributed by atoms with Crippen molar-refractivity contribution >= 4 is 23.4 Å². The number of rotatable bonds is 5. The summed E-state index contributed by atoms with van der Waals surface area (Å²) in [6.07, 6.45) is 0.547. The lowest BCUT2D eigenvalue weighted by molar-refractivity contribution is -0.102. The number of hydrazone groups is 1. The number of nitrogens with zero attached hydrogens (tertiary/aromatic N) is 2. The maximum absolute atomic E-state index is 10.7. The molecule has 0 bridgehead atoms. The summed E-state index contributed by atoms with van der Waals surface area (Å²) in [4.78, 5) is 14.9. The van der Waals surface area contributed by atoms with Crippen LogP contribution in [0.15, 0.2) is 28.3 Å². The van der Waals surface area contributed by atoms with Gasteiger partial charge in [0.1, 0.15) is 22.9 Å². The van der Waals surface area contributed by atoms with Gasteiger partial charge in [-0.25, -0.2) is 4.99 Å². The van der Waals surface area contributed by atoms with E-state index < -0.39 is 0 Å². The molecule has 0 saturated carbocycles. The second kappa shape index (κ2) is 6.39. The van der Waals surface area contributed by atoms with Crippen LogP contribution in [0.4, 0.5) is 5.69 Å². The van der Waals surface area contributed by atoms with E-state index in [1.807, 2.05) is 0 Å². The van der Waals surface area contributed by atoms with Crippen LogP contribution in [0, 0.1) is 0 Å². The predicted molar refractivity (Wildman–Crippen MR) is 70.0 cm³/mol. The quantitative estimate of drug-likeness (QED) is 0.369. The molecule has 0 aliphatic heterocycles. The molecule has 6 nitrogen and oxygen atoms in total. The number of aldehydes is 1. The maximum atomic E-state index is 10.7. The number of ether oxygens (including phenoxy) is 2. The highest BCUT2D eigenvalue weighted by Crippen LogP contribution is 2.31. The van der Waals surface area contributed by atoms with E-state index in [0.717, 1.165) is 0 Å². The van der Waals surface area contributed by atoms with Gasteiger partial charge in [-0.15, -0.1) is 0 Å². The van der Waals surface area contributed by atoms with Crippen molar-refractivity contribution in [1.82, 2.24) is 0 Å². The van der Waals surface area contributed by atoms with E-state index in [-0.39, 0.29) is 5.71 Å². The Bertz CT molecular complexity index is 495. The van der Waals surface area contributed by atoms with Crippen LogP contribution in [-0.2, 0) is 4.79 Å². The van der Waals surface area contributed by atoms with Gasteiger partial charge in [0, 0.05) is 6.07 Å². The van der Waals surface area contributed by atoms with Crippen LogP contribution >= 0.6 is 0 Å². The van der Waals surface area contributed by atoms with Crippen molar-refractivity contribution in [3.05, 3.63) is 18.2 Å². The molecule has 18 heavy (non-hydrogen) atoms. The number of nitrogens with two attached hydrogens (primary N) is 1. The molecule has 0 aliphatic carbocycles. The number of carbonyl (C=O) groups is 1. The Morgan fingerprint density at radius 3 is 2.56 bits per heavy atom. The van der Waals surface area contributed by atoms with Gasteiger partial charge in [-0.1, -0.05) is 0 Å².